The molecule has 0 aliphatic rings. The van der Waals surface area contributed by atoms with Gasteiger partial charge >= 0.3 is 0 Å². The van der Waals surface area contributed by atoms with Crippen molar-refractivity contribution in [3.63, 3.8) is 0 Å². The van der Waals surface area contributed by atoms with Crippen LogP contribution in [-0.4, -0.2) is 17.9 Å². The number of aryl methyl sites for hydroxylation is 1. The van der Waals surface area contributed by atoms with Crippen molar-refractivity contribution in [3.8, 4) is 0 Å². The van der Waals surface area contributed by atoms with Gasteiger partial charge in [0, 0.05) is 24.5 Å². The van der Waals surface area contributed by atoms with Gasteiger partial charge in [0.15, 0.2) is 0 Å². The molecule has 1 amide bonds. The van der Waals surface area contributed by atoms with Gasteiger partial charge in [-0.15, -0.1) is 0 Å². The smallest absolute Gasteiger partial charge is 0.255 e. The van der Waals surface area contributed by atoms with Crippen molar-refractivity contribution in [2.45, 2.75) is 6.92 Å². The van der Waals surface area contributed by atoms with Gasteiger partial charge < -0.3 is 10.6 Å². The molecule has 19 heavy (non-hydrogen) atoms. The lowest BCUT2D eigenvalue weighted by Gasteiger charge is -2.07. The summed E-state index contributed by atoms with van der Waals surface area (Å²) in [6.45, 7) is 1.77. The second kappa shape index (κ2) is 5.48. The van der Waals surface area contributed by atoms with Crippen molar-refractivity contribution < 1.29 is 9.18 Å². The fraction of sp³-hybridized carbons (Fsp3) is 0.143. The Kier molecular flexibility index (Phi) is 3.75. The van der Waals surface area contributed by atoms with Crippen LogP contribution in [0, 0.1) is 12.7 Å². The highest BCUT2D eigenvalue weighted by Gasteiger charge is 2.08. The number of nitrogens with zero attached hydrogens (tertiary/aromatic N) is 1. The quantitative estimate of drug-likeness (QED) is 0.891. The third-order valence-corrected chi connectivity index (χ3v) is 2.58. The van der Waals surface area contributed by atoms with Crippen LogP contribution in [0.5, 0.6) is 0 Å². The third-order valence-electron chi connectivity index (χ3n) is 2.58. The molecule has 1 aromatic carbocycles. The van der Waals surface area contributed by atoms with Crippen molar-refractivity contribution in [2.24, 2.45) is 0 Å². The molecular formula is C14H14FN3O. The minimum atomic E-state index is -0.374. The molecule has 0 saturated carbocycles. The number of benzene rings is 1. The molecule has 2 aromatic rings. The van der Waals surface area contributed by atoms with Crippen LogP contribution in [0.3, 0.4) is 0 Å². The number of halogens is 1. The van der Waals surface area contributed by atoms with Gasteiger partial charge in [-0.2, -0.15) is 0 Å². The molecule has 0 saturated heterocycles. The first-order valence-electron chi connectivity index (χ1n) is 5.81. The predicted octanol–water partition coefficient (Wildman–Crippen LogP) is 2.82. The van der Waals surface area contributed by atoms with Gasteiger partial charge in [0.2, 0.25) is 0 Å². The molecule has 0 fully saturated rings. The number of pyridine rings is 1. The highest BCUT2D eigenvalue weighted by Crippen LogP contribution is 2.15. The summed E-state index contributed by atoms with van der Waals surface area (Å²) in [6.07, 6.45) is 1.54. The van der Waals surface area contributed by atoms with Gasteiger partial charge in [0.05, 0.1) is 0 Å². The Morgan fingerprint density at radius 1 is 1.26 bits per heavy atom. The Morgan fingerprint density at radius 3 is 2.74 bits per heavy atom. The standard InChI is InChI=1S/C14H14FN3O/c1-9-5-11(15)8-12(6-9)18-14(19)10-3-4-17-13(7-10)16-2/h3-8H,1-2H3,(H,16,17)(H,18,19). The zero-order valence-electron chi connectivity index (χ0n) is 10.7. The maximum atomic E-state index is 13.2. The molecule has 0 radical (unpaired) electrons. The largest absolute Gasteiger partial charge is 0.373 e. The molecule has 0 spiro atoms. The maximum absolute atomic E-state index is 13.2. The molecule has 0 aliphatic heterocycles. The topological polar surface area (TPSA) is 54.0 Å². The number of carbonyl (C=O) groups excluding carboxylic acids is 1. The lowest BCUT2D eigenvalue weighted by atomic mass is 10.2. The van der Waals surface area contributed by atoms with Crippen molar-refractivity contribution in [1.29, 1.82) is 0 Å². The molecule has 98 valence electrons. The van der Waals surface area contributed by atoms with E-state index in [9.17, 15) is 9.18 Å². The zero-order valence-corrected chi connectivity index (χ0v) is 10.7. The molecule has 2 rings (SSSR count). The zero-order chi connectivity index (χ0) is 13.8. The fourth-order valence-corrected chi connectivity index (χ4v) is 1.72. The molecule has 4 nitrogen and oxygen atoms in total. The molecule has 1 heterocycles. The highest BCUT2D eigenvalue weighted by molar-refractivity contribution is 6.04. The van der Waals surface area contributed by atoms with Crippen molar-refractivity contribution in [1.82, 2.24) is 4.98 Å². The fourth-order valence-electron chi connectivity index (χ4n) is 1.72. The van der Waals surface area contributed by atoms with E-state index in [0.29, 0.717) is 17.1 Å². The third kappa shape index (κ3) is 3.28. The molecule has 0 aliphatic carbocycles. The number of nitrogens with one attached hydrogen (secondary N) is 2. The molecule has 0 bridgehead atoms. The van der Waals surface area contributed by atoms with E-state index in [4.69, 9.17) is 0 Å². The van der Waals surface area contributed by atoms with E-state index in [1.165, 1.54) is 18.3 Å². The summed E-state index contributed by atoms with van der Waals surface area (Å²) in [7, 11) is 1.72. The Labute approximate surface area is 110 Å². The number of carbonyl (C=O) groups is 1. The molecule has 0 atom stereocenters. The maximum Gasteiger partial charge on any atom is 0.255 e. The average molecular weight is 259 g/mol. The van der Waals surface area contributed by atoms with Gasteiger partial charge in [-0.3, -0.25) is 4.79 Å². The van der Waals surface area contributed by atoms with E-state index in [1.54, 1.807) is 32.2 Å². The van der Waals surface area contributed by atoms with Gasteiger partial charge in [-0.05, 0) is 42.8 Å². The number of hydrogen-bond acceptors (Lipinski definition) is 3. The van der Waals surface area contributed by atoms with Gasteiger partial charge in [-0.25, -0.2) is 9.37 Å². The van der Waals surface area contributed by atoms with E-state index in [-0.39, 0.29) is 11.7 Å². The first-order chi connectivity index (χ1) is 9.08. The van der Waals surface area contributed by atoms with E-state index in [0.717, 1.165) is 5.56 Å². The summed E-state index contributed by atoms with van der Waals surface area (Å²) >= 11 is 0. The monoisotopic (exact) mass is 259 g/mol. The van der Waals surface area contributed by atoms with Crippen molar-refractivity contribution >= 4 is 17.4 Å². The Hall–Kier alpha value is -2.43. The van der Waals surface area contributed by atoms with Crippen molar-refractivity contribution in [2.75, 3.05) is 17.7 Å². The Bertz CT molecular complexity index is 593. The SMILES string of the molecule is CNc1cc(C(=O)Nc2cc(C)cc(F)c2)ccn1. The van der Waals surface area contributed by atoms with E-state index in [2.05, 4.69) is 15.6 Å². The number of anilines is 2. The van der Waals surface area contributed by atoms with Crippen LogP contribution in [0.25, 0.3) is 0 Å². The molecule has 2 N–H and O–H groups in total. The normalized spacial score (nSPS) is 10.1. The van der Waals surface area contributed by atoms with E-state index in [1.807, 2.05) is 0 Å². The van der Waals surface area contributed by atoms with Crippen LogP contribution in [0.2, 0.25) is 0 Å². The summed E-state index contributed by atoms with van der Waals surface area (Å²) in [5, 5.41) is 5.51. The van der Waals surface area contributed by atoms with Crippen molar-refractivity contribution in [3.05, 3.63) is 53.5 Å². The summed E-state index contributed by atoms with van der Waals surface area (Å²) in [5.74, 6) is -0.0760. The van der Waals surface area contributed by atoms with Crippen LogP contribution in [-0.2, 0) is 0 Å². The van der Waals surface area contributed by atoms with Crippen LogP contribution in [0.15, 0.2) is 36.5 Å². The molecule has 0 unspecified atom stereocenters. The minimum absolute atomic E-state index is 0.302. The van der Waals surface area contributed by atoms with E-state index >= 15 is 0 Å². The number of hydrogen-bond donors (Lipinski definition) is 2. The summed E-state index contributed by atoms with van der Waals surface area (Å²) in [6, 6.07) is 7.62. The minimum Gasteiger partial charge on any atom is -0.373 e. The Morgan fingerprint density at radius 2 is 2.05 bits per heavy atom. The lowest BCUT2D eigenvalue weighted by Crippen LogP contribution is -2.12. The number of rotatable bonds is 3. The first kappa shape index (κ1) is 13.0. The van der Waals surface area contributed by atoms with E-state index < -0.39 is 0 Å². The summed E-state index contributed by atoms with van der Waals surface area (Å²) < 4.78 is 13.2. The highest BCUT2D eigenvalue weighted by atomic mass is 19.1. The van der Waals surface area contributed by atoms with Gasteiger partial charge in [-0.1, -0.05) is 0 Å². The predicted molar refractivity (Wildman–Crippen MR) is 72.9 cm³/mol. The number of aromatic nitrogens is 1. The molecular weight excluding hydrogens is 245 g/mol. The molecule has 1 aromatic heterocycles. The second-order valence-corrected chi connectivity index (χ2v) is 4.15. The first-order valence-corrected chi connectivity index (χ1v) is 5.81. The Balaban J connectivity index is 2.20. The summed E-state index contributed by atoms with van der Waals surface area (Å²) in [5.41, 5.74) is 1.65. The molecule has 5 heteroatoms. The summed E-state index contributed by atoms with van der Waals surface area (Å²) in [4.78, 5) is 16.0. The van der Waals surface area contributed by atoms with Crippen LogP contribution in [0.4, 0.5) is 15.9 Å². The number of amides is 1. The average Bonchev–Trinajstić information content (AvgIpc) is 2.37. The van der Waals surface area contributed by atoms with Crippen LogP contribution in [0.1, 0.15) is 15.9 Å². The van der Waals surface area contributed by atoms with Gasteiger partial charge in [0.25, 0.3) is 5.91 Å². The van der Waals surface area contributed by atoms with Gasteiger partial charge in [0.1, 0.15) is 11.6 Å². The lowest BCUT2D eigenvalue weighted by molar-refractivity contribution is 0.102. The van der Waals surface area contributed by atoms with Crippen LogP contribution >= 0.6 is 0 Å². The van der Waals surface area contributed by atoms with Crippen LogP contribution < -0.4 is 10.6 Å². The second-order valence-electron chi connectivity index (χ2n) is 4.15.